The summed E-state index contributed by atoms with van der Waals surface area (Å²) in [6, 6.07) is 0. The van der Waals surface area contributed by atoms with Crippen LogP contribution in [0.3, 0.4) is 0 Å². The van der Waals surface area contributed by atoms with Crippen LogP contribution in [0, 0.1) is 10.1 Å². The Balaban J connectivity index is 2.33. The zero-order chi connectivity index (χ0) is 14.2. The van der Waals surface area contributed by atoms with Gasteiger partial charge in [-0.25, -0.2) is 9.48 Å². The molecule has 2 rings (SSSR count). The average molecular weight is 268 g/mol. The van der Waals surface area contributed by atoms with Crippen molar-refractivity contribution in [1.29, 1.82) is 0 Å². The lowest BCUT2D eigenvalue weighted by Crippen LogP contribution is -2.41. The molecule has 1 aromatic heterocycles. The molecule has 104 valence electrons. The SMILES string of the molecule is CC(C)(C)OC(=O)N1CCCn2ncc([N+](=O)[O-])c21. The monoisotopic (exact) mass is 268 g/mol. The predicted octanol–water partition coefficient (Wildman–Crippen LogP) is 1.94. The van der Waals surface area contributed by atoms with Crippen molar-refractivity contribution in [1.82, 2.24) is 9.78 Å². The van der Waals surface area contributed by atoms with Crippen LogP contribution in [-0.2, 0) is 11.3 Å². The number of amides is 1. The number of nitrogens with zero attached hydrogens (tertiary/aromatic N) is 4. The normalized spacial score (nSPS) is 15.0. The van der Waals surface area contributed by atoms with Gasteiger partial charge in [-0.3, -0.25) is 15.0 Å². The van der Waals surface area contributed by atoms with Crippen molar-refractivity contribution in [2.45, 2.75) is 39.3 Å². The highest BCUT2D eigenvalue weighted by Gasteiger charge is 2.34. The fourth-order valence-corrected chi connectivity index (χ4v) is 1.92. The molecule has 0 saturated heterocycles. The molecule has 0 N–H and O–H groups in total. The molecule has 0 unspecified atom stereocenters. The molecule has 0 radical (unpaired) electrons. The first-order valence-corrected chi connectivity index (χ1v) is 6.00. The summed E-state index contributed by atoms with van der Waals surface area (Å²) in [5.74, 6) is 0.200. The van der Waals surface area contributed by atoms with Gasteiger partial charge in [0.15, 0.2) is 0 Å². The second-order valence-electron chi connectivity index (χ2n) is 5.32. The summed E-state index contributed by atoms with van der Waals surface area (Å²) in [7, 11) is 0. The van der Waals surface area contributed by atoms with Crippen molar-refractivity contribution in [2.24, 2.45) is 0 Å². The van der Waals surface area contributed by atoms with Crippen molar-refractivity contribution in [3.05, 3.63) is 16.3 Å². The zero-order valence-electron chi connectivity index (χ0n) is 11.1. The summed E-state index contributed by atoms with van der Waals surface area (Å²) in [5.41, 5.74) is -0.820. The Bertz CT molecular complexity index is 517. The van der Waals surface area contributed by atoms with Crippen molar-refractivity contribution in [3.63, 3.8) is 0 Å². The number of anilines is 1. The van der Waals surface area contributed by atoms with Crippen molar-refractivity contribution in [3.8, 4) is 0 Å². The highest BCUT2D eigenvalue weighted by Crippen LogP contribution is 2.32. The summed E-state index contributed by atoms with van der Waals surface area (Å²) in [5, 5.41) is 14.9. The third-order valence-corrected chi connectivity index (χ3v) is 2.61. The van der Waals surface area contributed by atoms with Gasteiger partial charge in [-0.2, -0.15) is 5.10 Å². The van der Waals surface area contributed by atoms with Crippen LogP contribution in [0.25, 0.3) is 0 Å². The van der Waals surface area contributed by atoms with Crippen LogP contribution < -0.4 is 4.90 Å². The van der Waals surface area contributed by atoms with E-state index in [0.29, 0.717) is 19.5 Å². The highest BCUT2D eigenvalue weighted by molar-refractivity contribution is 5.89. The van der Waals surface area contributed by atoms with Gasteiger partial charge in [-0.1, -0.05) is 0 Å². The van der Waals surface area contributed by atoms with Gasteiger partial charge in [0.05, 0.1) is 4.92 Å². The van der Waals surface area contributed by atoms with Gasteiger partial charge in [0.1, 0.15) is 11.8 Å². The molecule has 0 bridgehead atoms. The maximum absolute atomic E-state index is 12.1. The second kappa shape index (κ2) is 4.52. The second-order valence-corrected chi connectivity index (χ2v) is 5.32. The smallest absolute Gasteiger partial charge is 0.416 e. The van der Waals surface area contributed by atoms with E-state index in [1.165, 1.54) is 9.58 Å². The van der Waals surface area contributed by atoms with Crippen LogP contribution in [0.4, 0.5) is 16.3 Å². The minimum atomic E-state index is -0.645. The topological polar surface area (TPSA) is 90.5 Å². The molecule has 0 aromatic carbocycles. The molecule has 1 aliphatic rings. The molecule has 1 amide bonds. The minimum Gasteiger partial charge on any atom is -0.443 e. The molecule has 1 aliphatic heterocycles. The summed E-state index contributed by atoms with van der Waals surface area (Å²) in [4.78, 5) is 23.8. The van der Waals surface area contributed by atoms with Gasteiger partial charge in [-0.05, 0) is 27.2 Å². The molecule has 8 nitrogen and oxygen atoms in total. The van der Waals surface area contributed by atoms with Crippen molar-refractivity contribution < 1.29 is 14.5 Å². The molecule has 0 fully saturated rings. The van der Waals surface area contributed by atoms with E-state index in [1.807, 2.05) is 0 Å². The van der Waals surface area contributed by atoms with Crippen LogP contribution >= 0.6 is 0 Å². The summed E-state index contributed by atoms with van der Waals surface area (Å²) >= 11 is 0. The maximum atomic E-state index is 12.1. The number of nitro groups is 1. The molecular weight excluding hydrogens is 252 g/mol. The van der Waals surface area contributed by atoms with Gasteiger partial charge in [0, 0.05) is 13.1 Å². The van der Waals surface area contributed by atoms with Crippen molar-refractivity contribution in [2.75, 3.05) is 11.4 Å². The van der Waals surface area contributed by atoms with Gasteiger partial charge in [0.25, 0.3) is 0 Å². The fourth-order valence-electron chi connectivity index (χ4n) is 1.92. The van der Waals surface area contributed by atoms with Crippen LogP contribution in [0.2, 0.25) is 0 Å². The van der Waals surface area contributed by atoms with E-state index in [0.717, 1.165) is 6.20 Å². The molecule has 0 spiro atoms. The number of fused-ring (bicyclic) bond motifs is 1. The molecule has 19 heavy (non-hydrogen) atoms. The molecular formula is C11H16N4O4. The van der Waals surface area contributed by atoms with Crippen LogP contribution in [0.5, 0.6) is 0 Å². The van der Waals surface area contributed by atoms with E-state index in [4.69, 9.17) is 4.74 Å². The first-order chi connectivity index (χ1) is 8.79. The fraction of sp³-hybridized carbons (Fsp3) is 0.636. The molecule has 0 aliphatic carbocycles. The largest absolute Gasteiger partial charge is 0.443 e. The predicted molar refractivity (Wildman–Crippen MR) is 67.1 cm³/mol. The maximum Gasteiger partial charge on any atom is 0.416 e. The standard InChI is InChI=1S/C11H16N4O4/c1-11(2,3)19-10(16)13-5-4-6-14-9(13)8(7-12-14)15(17)18/h7H,4-6H2,1-3H3. The minimum absolute atomic E-state index is 0.175. The van der Waals surface area contributed by atoms with Crippen LogP contribution in [-0.4, -0.2) is 32.9 Å². The Morgan fingerprint density at radius 3 is 2.74 bits per heavy atom. The number of rotatable bonds is 1. The lowest BCUT2D eigenvalue weighted by Gasteiger charge is -2.29. The summed E-state index contributed by atoms with van der Waals surface area (Å²) < 4.78 is 6.73. The Morgan fingerprint density at radius 2 is 2.16 bits per heavy atom. The van der Waals surface area contributed by atoms with Crippen molar-refractivity contribution >= 4 is 17.6 Å². The molecule has 8 heteroatoms. The number of carbonyl (C=O) groups excluding carboxylic acids is 1. The van der Waals surface area contributed by atoms with E-state index in [-0.39, 0.29) is 11.5 Å². The first-order valence-electron chi connectivity index (χ1n) is 6.00. The van der Waals surface area contributed by atoms with Gasteiger partial charge in [0.2, 0.25) is 5.82 Å². The number of aryl methyl sites for hydroxylation is 1. The van der Waals surface area contributed by atoms with Gasteiger partial charge in [-0.15, -0.1) is 0 Å². The number of hydrogen-bond acceptors (Lipinski definition) is 5. The van der Waals surface area contributed by atoms with Crippen LogP contribution in [0.15, 0.2) is 6.20 Å². The lowest BCUT2D eigenvalue weighted by molar-refractivity contribution is -0.384. The highest BCUT2D eigenvalue weighted by atomic mass is 16.6. The van der Waals surface area contributed by atoms with Gasteiger partial charge < -0.3 is 4.74 Å². The van der Waals surface area contributed by atoms with Gasteiger partial charge >= 0.3 is 11.8 Å². The molecule has 2 heterocycles. The Hall–Kier alpha value is -2.12. The third-order valence-electron chi connectivity index (χ3n) is 2.61. The number of hydrogen-bond donors (Lipinski definition) is 0. The number of ether oxygens (including phenoxy) is 1. The lowest BCUT2D eigenvalue weighted by atomic mass is 10.2. The van der Waals surface area contributed by atoms with E-state index in [9.17, 15) is 14.9 Å². The Morgan fingerprint density at radius 1 is 1.47 bits per heavy atom. The van der Waals surface area contributed by atoms with E-state index in [2.05, 4.69) is 5.10 Å². The summed E-state index contributed by atoms with van der Waals surface area (Å²) in [6.07, 6.45) is 1.26. The van der Waals surface area contributed by atoms with E-state index < -0.39 is 16.6 Å². The number of carbonyl (C=O) groups is 1. The average Bonchev–Trinajstić information content (AvgIpc) is 2.69. The summed E-state index contributed by atoms with van der Waals surface area (Å²) in [6.45, 7) is 6.20. The van der Waals surface area contributed by atoms with E-state index >= 15 is 0 Å². The van der Waals surface area contributed by atoms with E-state index in [1.54, 1.807) is 20.8 Å². The Kier molecular flexibility index (Phi) is 3.17. The molecule has 0 saturated carbocycles. The molecule has 0 atom stereocenters. The third kappa shape index (κ3) is 2.67. The zero-order valence-corrected chi connectivity index (χ0v) is 11.1. The first kappa shape index (κ1) is 13.3. The number of aromatic nitrogens is 2. The van der Waals surface area contributed by atoms with Crippen LogP contribution in [0.1, 0.15) is 27.2 Å². The quantitative estimate of drug-likeness (QED) is 0.573. The Labute approximate surface area is 110 Å². The molecule has 1 aromatic rings.